The Labute approximate surface area is 223 Å². The van der Waals surface area contributed by atoms with Crippen molar-refractivity contribution in [2.75, 3.05) is 19.7 Å². The molecule has 0 spiro atoms. The van der Waals surface area contributed by atoms with Crippen LogP contribution in [0.3, 0.4) is 0 Å². The Morgan fingerprint density at radius 2 is 1.79 bits per heavy atom. The molecule has 0 amide bonds. The van der Waals surface area contributed by atoms with Gasteiger partial charge in [0.1, 0.15) is 11.4 Å². The van der Waals surface area contributed by atoms with Gasteiger partial charge in [-0.15, -0.1) is 0 Å². The Kier molecular flexibility index (Phi) is 8.03. The number of carbonyl (C=O) groups excluding carboxylic acids is 2. The van der Waals surface area contributed by atoms with Gasteiger partial charge in [0.15, 0.2) is 0 Å². The van der Waals surface area contributed by atoms with Gasteiger partial charge in [0.05, 0.1) is 24.2 Å². The van der Waals surface area contributed by atoms with E-state index in [1.807, 2.05) is 63.2 Å². The number of esters is 2. The fourth-order valence-electron chi connectivity index (χ4n) is 4.65. The van der Waals surface area contributed by atoms with E-state index in [-0.39, 0.29) is 18.5 Å². The van der Waals surface area contributed by atoms with E-state index in [1.54, 1.807) is 25.1 Å². The number of carbonyl (C=O) groups is 2. The van der Waals surface area contributed by atoms with Gasteiger partial charge in [0.2, 0.25) is 5.60 Å². The second-order valence-electron chi connectivity index (χ2n) is 10.6. The zero-order chi connectivity index (χ0) is 27.3. The highest BCUT2D eigenvalue weighted by molar-refractivity contribution is 5.85. The van der Waals surface area contributed by atoms with Crippen LogP contribution >= 0.6 is 0 Å². The lowest BCUT2D eigenvalue weighted by molar-refractivity contribution is -0.172. The SMILES string of the molecule is CCOC(=O)C(Cc1ccc2ccc(C#N)cc2c1)c1ccc(O[C@@]2(C(=O)OC(C)(C)C)CCNC2)cc1. The van der Waals surface area contributed by atoms with Gasteiger partial charge in [-0.05, 0) is 86.8 Å². The molecule has 1 unspecified atom stereocenters. The minimum atomic E-state index is -1.09. The summed E-state index contributed by atoms with van der Waals surface area (Å²) in [7, 11) is 0. The van der Waals surface area contributed by atoms with E-state index in [2.05, 4.69) is 11.4 Å². The van der Waals surface area contributed by atoms with E-state index in [0.717, 1.165) is 21.9 Å². The monoisotopic (exact) mass is 514 g/mol. The zero-order valence-corrected chi connectivity index (χ0v) is 22.4. The van der Waals surface area contributed by atoms with Crippen LogP contribution < -0.4 is 10.1 Å². The fourth-order valence-corrected chi connectivity index (χ4v) is 4.65. The second kappa shape index (κ2) is 11.2. The first-order chi connectivity index (χ1) is 18.1. The fraction of sp³-hybridized carbons (Fsp3) is 0.387. The first-order valence-electron chi connectivity index (χ1n) is 12.9. The van der Waals surface area contributed by atoms with Gasteiger partial charge in [-0.25, -0.2) is 4.79 Å². The predicted octanol–water partition coefficient (Wildman–Crippen LogP) is 5.05. The van der Waals surface area contributed by atoms with Crippen molar-refractivity contribution in [3.63, 3.8) is 0 Å². The smallest absolute Gasteiger partial charge is 0.352 e. The van der Waals surface area contributed by atoms with Gasteiger partial charge in [-0.2, -0.15) is 5.26 Å². The average molecular weight is 515 g/mol. The molecule has 0 aliphatic carbocycles. The molecule has 1 saturated heterocycles. The van der Waals surface area contributed by atoms with Crippen LogP contribution in [0, 0.1) is 11.3 Å². The van der Waals surface area contributed by atoms with E-state index in [4.69, 9.17) is 14.2 Å². The van der Waals surface area contributed by atoms with Gasteiger partial charge < -0.3 is 19.5 Å². The molecule has 0 saturated carbocycles. The quantitative estimate of drug-likeness (QED) is 0.420. The third kappa shape index (κ3) is 6.32. The van der Waals surface area contributed by atoms with Crippen molar-refractivity contribution in [1.82, 2.24) is 5.32 Å². The molecule has 1 fully saturated rings. The minimum Gasteiger partial charge on any atom is -0.474 e. The number of hydrogen-bond acceptors (Lipinski definition) is 7. The van der Waals surface area contributed by atoms with Crippen molar-refractivity contribution in [1.29, 1.82) is 5.26 Å². The molecule has 2 atom stereocenters. The summed E-state index contributed by atoms with van der Waals surface area (Å²) in [6.07, 6.45) is 0.947. The van der Waals surface area contributed by atoms with Crippen LogP contribution in [-0.2, 0) is 25.5 Å². The summed E-state index contributed by atoms with van der Waals surface area (Å²) in [5.41, 5.74) is 0.632. The first kappa shape index (κ1) is 27.2. The maximum atomic E-state index is 13.0. The van der Waals surface area contributed by atoms with Crippen molar-refractivity contribution < 1.29 is 23.8 Å². The van der Waals surface area contributed by atoms with Gasteiger partial charge in [0, 0.05) is 13.0 Å². The topological polar surface area (TPSA) is 97.7 Å². The number of nitriles is 1. The van der Waals surface area contributed by atoms with Gasteiger partial charge >= 0.3 is 11.9 Å². The highest BCUT2D eigenvalue weighted by atomic mass is 16.6. The molecule has 1 N–H and O–H groups in total. The predicted molar refractivity (Wildman–Crippen MR) is 145 cm³/mol. The number of nitrogens with one attached hydrogen (secondary N) is 1. The number of hydrogen-bond donors (Lipinski definition) is 1. The van der Waals surface area contributed by atoms with E-state index in [1.165, 1.54) is 0 Å². The zero-order valence-electron chi connectivity index (χ0n) is 22.4. The average Bonchev–Trinajstić information content (AvgIpc) is 3.36. The normalized spacial score (nSPS) is 18.0. The maximum Gasteiger partial charge on any atom is 0.352 e. The maximum absolute atomic E-state index is 13.0. The van der Waals surface area contributed by atoms with Crippen molar-refractivity contribution in [3.8, 4) is 11.8 Å². The van der Waals surface area contributed by atoms with E-state index in [0.29, 0.717) is 37.2 Å². The lowest BCUT2D eigenvalue weighted by atomic mass is 9.91. The molecule has 1 heterocycles. The largest absolute Gasteiger partial charge is 0.474 e. The summed E-state index contributed by atoms with van der Waals surface area (Å²) in [5.74, 6) is -0.689. The third-order valence-electron chi connectivity index (χ3n) is 6.53. The van der Waals surface area contributed by atoms with E-state index < -0.39 is 17.1 Å². The number of ether oxygens (including phenoxy) is 3. The summed E-state index contributed by atoms with van der Waals surface area (Å²) < 4.78 is 17.3. The van der Waals surface area contributed by atoms with Gasteiger partial charge in [-0.1, -0.05) is 36.4 Å². The lowest BCUT2D eigenvalue weighted by Gasteiger charge is -2.31. The highest BCUT2D eigenvalue weighted by Gasteiger charge is 2.46. The molecule has 0 bridgehead atoms. The Balaban J connectivity index is 1.57. The third-order valence-corrected chi connectivity index (χ3v) is 6.53. The van der Waals surface area contributed by atoms with E-state index in [9.17, 15) is 14.9 Å². The molecule has 3 aromatic rings. The molecule has 0 aromatic heterocycles. The van der Waals surface area contributed by atoms with Crippen LogP contribution in [0.5, 0.6) is 5.75 Å². The number of rotatable bonds is 8. The molecule has 3 aromatic carbocycles. The van der Waals surface area contributed by atoms with E-state index >= 15 is 0 Å². The Hall–Kier alpha value is -3.89. The molecule has 7 nitrogen and oxygen atoms in total. The molecule has 7 heteroatoms. The summed E-state index contributed by atoms with van der Waals surface area (Å²) in [5, 5.41) is 14.4. The van der Waals surface area contributed by atoms with Gasteiger partial charge in [-0.3, -0.25) is 4.79 Å². The lowest BCUT2D eigenvalue weighted by Crippen LogP contribution is -2.49. The van der Waals surface area contributed by atoms with Crippen LogP contribution in [0.2, 0.25) is 0 Å². The molecular weight excluding hydrogens is 480 g/mol. The van der Waals surface area contributed by atoms with Crippen molar-refractivity contribution in [3.05, 3.63) is 77.4 Å². The van der Waals surface area contributed by atoms with Crippen molar-refractivity contribution in [2.45, 2.75) is 57.7 Å². The number of benzene rings is 3. The summed E-state index contributed by atoms with van der Waals surface area (Å²) in [4.78, 5) is 26.0. The molecular formula is C31H34N2O5. The molecule has 1 aliphatic heterocycles. The summed E-state index contributed by atoms with van der Waals surface area (Å²) in [6, 6.07) is 21.0. The molecule has 1 aliphatic rings. The van der Waals surface area contributed by atoms with Crippen LogP contribution in [0.15, 0.2) is 60.7 Å². The standard InChI is InChI=1S/C31H34N2O5/c1-5-36-28(34)27(18-21-6-8-23-9-7-22(19-32)17-25(23)16-21)24-10-12-26(13-11-24)37-31(14-15-33-20-31)29(35)38-30(2,3)4/h6-13,16-17,27,33H,5,14-15,18,20H2,1-4H3/t27?,31-/m0/s1. The van der Waals surface area contributed by atoms with Crippen molar-refractivity contribution >= 4 is 22.7 Å². The van der Waals surface area contributed by atoms with Crippen LogP contribution in [0.4, 0.5) is 0 Å². The summed E-state index contributed by atoms with van der Waals surface area (Å²) in [6.45, 7) is 8.60. The Morgan fingerprint density at radius 3 is 2.42 bits per heavy atom. The van der Waals surface area contributed by atoms with Crippen LogP contribution in [0.25, 0.3) is 10.8 Å². The molecule has 198 valence electrons. The Morgan fingerprint density at radius 1 is 1.05 bits per heavy atom. The van der Waals surface area contributed by atoms with Crippen molar-refractivity contribution in [2.24, 2.45) is 0 Å². The minimum absolute atomic E-state index is 0.283. The second-order valence-corrected chi connectivity index (χ2v) is 10.6. The van der Waals surface area contributed by atoms with Crippen LogP contribution in [-0.4, -0.2) is 42.8 Å². The molecule has 38 heavy (non-hydrogen) atoms. The molecule has 4 rings (SSSR count). The summed E-state index contributed by atoms with van der Waals surface area (Å²) >= 11 is 0. The molecule has 0 radical (unpaired) electrons. The number of nitrogens with zero attached hydrogens (tertiary/aromatic N) is 1. The Bertz CT molecular complexity index is 1350. The highest BCUT2D eigenvalue weighted by Crippen LogP contribution is 2.31. The number of fused-ring (bicyclic) bond motifs is 1. The first-order valence-corrected chi connectivity index (χ1v) is 12.9. The van der Waals surface area contributed by atoms with Crippen LogP contribution in [0.1, 0.15) is 56.7 Å². The van der Waals surface area contributed by atoms with Gasteiger partial charge in [0.25, 0.3) is 0 Å².